The van der Waals surface area contributed by atoms with Crippen LogP contribution in [0.2, 0.25) is 5.15 Å². The van der Waals surface area contributed by atoms with E-state index in [1.807, 2.05) is 0 Å². The van der Waals surface area contributed by atoms with Crippen LogP contribution in [0.1, 0.15) is 10.4 Å². The summed E-state index contributed by atoms with van der Waals surface area (Å²) in [5.74, 6) is -0.583. The van der Waals surface area contributed by atoms with Gasteiger partial charge in [-0.15, -0.1) is 0 Å². The molecule has 2 N–H and O–H groups in total. The van der Waals surface area contributed by atoms with Crippen LogP contribution in [-0.2, 0) is 0 Å². The van der Waals surface area contributed by atoms with Crippen LogP contribution in [0, 0.1) is 0 Å². The van der Waals surface area contributed by atoms with Gasteiger partial charge in [-0.1, -0.05) is 27.5 Å². The second-order valence-corrected chi connectivity index (χ2v) is 5.80. The molecular formula is C12H7Br2ClN2O2. The van der Waals surface area contributed by atoms with Gasteiger partial charge in [0.15, 0.2) is 5.15 Å². The van der Waals surface area contributed by atoms with E-state index in [0.717, 1.165) is 0 Å². The standard InChI is InChI=1S/C12H7Br2ClN2O2/c13-6-1-2-10(18)8(3-6)12(19)17-9-4-7(14)5-16-11(9)15/h1-5,18H,(H,17,19). The van der Waals surface area contributed by atoms with E-state index < -0.39 is 5.91 Å². The molecule has 0 aliphatic carbocycles. The number of hydrogen-bond acceptors (Lipinski definition) is 3. The Kier molecular flexibility index (Phi) is 4.44. The fraction of sp³-hybridized carbons (Fsp3) is 0. The minimum absolute atomic E-state index is 0.111. The number of aromatic hydroxyl groups is 1. The molecule has 1 aromatic carbocycles. The first-order valence-electron chi connectivity index (χ1n) is 5.08. The number of nitrogens with zero attached hydrogens (tertiary/aromatic N) is 1. The molecule has 98 valence electrons. The summed E-state index contributed by atoms with van der Waals surface area (Å²) in [6.07, 6.45) is 1.52. The summed E-state index contributed by atoms with van der Waals surface area (Å²) >= 11 is 12.4. The Balaban J connectivity index is 2.30. The molecule has 0 unspecified atom stereocenters. The minimum Gasteiger partial charge on any atom is -0.507 e. The van der Waals surface area contributed by atoms with Crippen molar-refractivity contribution in [1.82, 2.24) is 4.98 Å². The number of aromatic nitrogens is 1. The number of phenolic OH excluding ortho intramolecular Hbond substituents is 1. The molecule has 0 radical (unpaired) electrons. The predicted molar refractivity (Wildman–Crippen MR) is 80.7 cm³/mol. The van der Waals surface area contributed by atoms with Gasteiger partial charge < -0.3 is 10.4 Å². The molecule has 2 rings (SSSR count). The lowest BCUT2D eigenvalue weighted by Gasteiger charge is -2.08. The Bertz CT molecular complexity index is 650. The highest BCUT2D eigenvalue weighted by Crippen LogP contribution is 2.26. The van der Waals surface area contributed by atoms with Crippen LogP contribution in [0.25, 0.3) is 0 Å². The summed E-state index contributed by atoms with van der Waals surface area (Å²) in [5.41, 5.74) is 0.505. The third-order valence-corrected chi connectivity index (χ3v) is 3.49. The summed E-state index contributed by atoms with van der Waals surface area (Å²) in [4.78, 5) is 16.0. The Morgan fingerprint density at radius 2 is 2.00 bits per heavy atom. The van der Waals surface area contributed by atoms with Crippen molar-refractivity contribution in [2.24, 2.45) is 0 Å². The zero-order chi connectivity index (χ0) is 14.0. The summed E-state index contributed by atoms with van der Waals surface area (Å²) in [6, 6.07) is 6.21. The maximum Gasteiger partial charge on any atom is 0.259 e. The predicted octanol–water partition coefficient (Wildman–Crippen LogP) is 4.22. The van der Waals surface area contributed by atoms with E-state index in [2.05, 4.69) is 42.2 Å². The average Bonchev–Trinajstić information content (AvgIpc) is 2.36. The molecule has 0 fully saturated rings. The van der Waals surface area contributed by atoms with Crippen LogP contribution in [0.3, 0.4) is 0 Å². The van der Waals surface area contributed by atoms with Gasteiger partial charge in [-0.3, -0.25) is 4.79 Å². The number of halogens is 3. The lowest BCUT2D eigenvalue weighted by molar-refractivity contribution is 0.102. The highest BCUT2D eigenvalue weighted by Gasteiger charge is 2.14. The molecule has 0 spiro atoms. The fourth-order valence-corrected chi connectivity index (χ4v) is 2.23. The number of benzene rings is 1. The van der Waals surface area contributed by atoms with Crippen molar-refractivity contribution in [1.29, 1.82) is 0 Å². The summed E-state index contributed by atoms with van der Waals surface area (Å²) in [7, 11) is 0. The van der Waals surface area contributed by atoms with E-state index in [9.17, 15) is 9.90 Å². The van der Waals surface area contributed by atoms with Crippen molar-refractivity contribution in [3.05, 3.63) is 50.1 Å². The molecule has 19 heavy (non-hydrogen) atoms. The van der Waals surface area contributed by atoms with Crippen molar-refractivity contribution in [2.45, 2.75) is 0 Å². The number of anilines is 1. The van der Waals surface area contributed by atoms with Gasteiger partial charge in [0.05, 0.1) is 11.3 Å². The third-order valence-electron chi connectivity index (χ3n) is 2.26. The maximum absolute atomic E-state index is 12.1. The van der Waals surface area contributed by atoms with Gasteiger partial charge >= 0.3 is 0 Å². The molecule has 7 heteroatoms. The highest BCUT2D eigenvalue weighted by atomic mass is 79.9. The second kappa shape index (κ2) is 5.90. The van der Waals surface area contributed by atoms with Crippen LogP contribution in [0.4, 0.5) is 5.69 Å². The number of amides is 1. The maximum atomic E-state index is 12.1. The molecule has 0 aliphatic rings. The van der Waals surface area contributed by atoms with Gasteiger partial charge in [0.1, 0.15) is 5.75 Å². The first-order chi connectivity index (χ1) is 8.97. The number of phenols is 1. The zero-order valence-corrected chi connectivity index (χ0v) is 13.3. The molecule has 1 heterocycles. The van der Waals surface area contributed by atoms with Gasteiger partial charge in [0.25, 0.3) is 5.91 Å². The number of carbonyl (C=O) groups is 1. The van der Waals surface area contributed by atoms with E-state index in [1.165, 1.54) is 18.3 Å². The van der Waals surface area contributed by atoms with Gasteiger partial charge in [0, 0.05) is 15.1 Å². The van der Waals surface area contributed by atoms with Crippen molar-refractivity contribution in [3.63, 3.8) is 0 Å². The van der Waals surface area contributed by atoms with E-state index in [-0.39, 0.29) is 16.5 Å². The Morgan fingerprint density at radius 3 is 2.74 bits per heavy atom. The molecule has 2 aromatic rings. The van der Waals surface area contributed by atoms with Gasteiger partial charge in [-0.2, -0.15) is 0 Å². The van der Waals surface area contributed by atoms with Crippen LogP contribution < -0.4 is 5.32 Å². The monoisotopic (exact) mass is 404 g/mol. The summed E-state index contributed by atoms with van der Waals surface area (Å²) in [5, 5.41) is 12.4. The molecule has 4 nitrogen and oxygen atoms in total. The van der Waals surface area contributed by atoms with Gasteiger partial charge in [-0.25, -0.2) is 4.98 Å². The number of nitrogens with one attached hydrogen (secondary N) is 1. The second-order valence-electron chi connectivity index (χ2n) is 3.61. The first kappa shape index (κ1) is 14.3. The van der Waals surface area contributed by atoms with Crippen LogP contribution in [0.15, 0.2) is 39.4 Å². The SMILES string of the molecule is O=C(Nc1cc(Br)cnc1Cl)c1cc(Br)ccc1O. The van der Waals surface area contributed by atoms with E-state index in [4.69, 9.17) is 11.6 Å². The Labute approximate surface area is 131 Å². The van der Waals surface area contributed by atoms with Gasteiger partial charge in [-0.05, 0) is 40.2 Å². The molecule has 0 bridgehead atoms. The summed E-state index contributed by atoms with van der Waals surface area (Å²) in [6.45, 7) is 0. The molecule has 0 saturated heterocycles. The molecule has 0 saturated carbocycles. The molecule has 0 atom stereocenters. The van der Waals surface area contributed by atoms with Crippen LogP contribution in [-0.4, -0.2) is 16.0 Å². The van der Waals surface area contributed by atoms with Crippen LogP contribution in [0.5, 0.6) is 5.75 Å². The minimum atomic E-state index is -0.472. The normalized spacial score (nSPS) is 10.3. The number of carbonyl (C=O) groups excluding carboxylic acids is 1. The quantitative estimate of drug-likeness (QED) is 0.734. The number of hydrogen-bond donors (Lipinski definition) is 2. The average molecular weight is 406 g/mol. The fourth-order valence-electron chi connectivity index (χ4n) is 1.39. The lowest BCUT2D eigenvalue weighted by atomic mass is 10.2. The van der Waals surface area contributed by atoms with E-state index in [1.54, 1.807) is 12.1 Å². The van der Waals surface area contributed by atoms with Crippen molar-refractivity contribution < 1.29 is 9.90 Å². The largest absolute Gasteiger partial charge is 0.507 e. The number of pyridine rings is 1. The lowest BCUT2D eigenvalue weighted by Crippen LogP contribution is -2.12. The highest BCUT2D eigenvalue weighted by molar-refractivity contribution is 9.10. The smallest absolute Gasteiger partial charge is 0.259 e. The zero-order valence-electron chi connectivity index (χ0n) is 9.32. The molecular weight excluding hydrogens is 399 g/mol. The molecule has 0 aliphatic heterocycles. The van der Waals surface area contributed by atoms with E-state index >= 15 is 0 Å². The molecule has 1 aromatic heterocycles. The van der Waals surface area contributed by atoms with Crippen LogP contribution >= 0.6 is 43.5 Å². The Morgan fingerprint density at radius 1 is 1.26 bits per heavy atom. The van der Waals surface area contributed by atoms with Gasteiger partial charge in [0.2, 0.25) is 0 Å². The third kappa shape index (κ3) is 3.46. The topological polar surface area (TPSA) is 62.2 Å². The number of rotatable bonds is 2. The van der Waals surface area contributed by atoms with Crippen molar-refractivity contribution in [2.75, 3.05) is 5.32 Å². The summed E-state index contributed by atoms with van der Waals surface area (Å²) < 4.78 is 1.37. The first-order valence-corrected chi connectivity index (χ1v) is 7.04. The molecule has 1 amide bonds. The van der Waals surface area contributed by atoms with Crippen molar-refractivity contribution in [3.8, 4) is 5.75 Å². The Hall–Kier alpha value is -1.11. The van der Waals surface area contributed by atoms with E-state index in [0.29, 0.717) is 14.6 Å². The van der Waals surface area contributed by atoms with Crippen molar-refractivity contribution >= 4 is 55.1 Å².